The molecule has 26 heavy (non-hydrogen) atoms. The summed E-state index contributed by atoms with van der Waals surface area (Å²) in [6.45, 7) is 2.87. The molecule has 1 heterocycles. The number of aromatic hydroxyl groups is 1. The Morgan fingerprint density at radius 3 is 2.46 bits per heavy atom. The average molecular weight is 364 g/mol. The van der Waals surface area contributed by atoms with Gasteiger partial charge in [0.1, 0.15) is 11.6 Å². The van der Waals surface area contributed by atoms with Crippen molar-refractivity contribution in [2.75, 3.05) is 0 Å². The van der Waals surface area contributed by atoms with E-state index >= 15 is 0 Å². The van der Waals surface area contributed by atoms with Gasteiger partial charge in [-0.2, -0.15) is 0 Å². The molecule has 0 spiro atoms. The highest BCUT2D eigenvalue weighted by Gasteiger charge is 2.28. The summed E-state index contributed by atoms with van der Waals surface area (Å²) >= 11 is 0. The molecule has 0 unspecified atom stereocenters. The quantitative estimate of drug-likeness (QED) is 0.536. The Bertz CT molecular complexity index is 893. The van der Waals surface area contributed by atoms with Gasteiger partial charge in [-0.1, -0.05) is 12.1 Å². The van der Waals surface area contributed by atoms with Crippen LogP contribution in [0.15, 0.2) is 29.1 Å². The molecule has 2 aromatic rings. The number of hydrogen-bond donors (Lipinski definition) is 5. The fraction of sp³-hybridized carbons (Fsp3) is 0.250. The van der Waals surface area contributed by atoms with Gasteiger partial charge >= 0.3 is 6.09 Å². The molecule has 138 valence electrons. The molecule has 0 saturated heterocycles. The van der Waals surface area contributed by atoms with E-state index in [1.54, 1.807) is 0 Å². The highest BCUT2D eigenvalue weighted by Crippen LogP contribution is 2.18. The fourth-order valence-electron chi connectivity index (χ4n) is 2.12. The van der Waals surface area contributed by atoms with Crippen LogP contribution in [0.25, 0.3) is 0 Å². The first-order valence-electron chi connectivity index (χ1n) is 7.47. The third kappa shape index (κ3) is 4.35. The van der Waals surface area contributed by atoms with Gasteiger partial charge in [0.05, 0.1) is 5.54 Å². The summed E-state index contributed by atoms with van der Waals surface area (Å²) in [6.07, 6.45) is -1.35. The minimum atomic E-state index is -1.35. The fourth-order valence-corrected chi connectivity index (χ4v) is 2.12. The maximum atomic E-state index is 12.9. The number of hydrogen-bond acceptors (Lipinski definition) is 5. The normalized spacial score (nSPS) is 11.0. The van der Waals surface area contributed by atoms with E-state index in [9.17, 15) is 23.9 Å². The van der Waals surface area contributed by atoms with Crippen LogP contribution in [0.5, 0.6) is 5.75 Å². The Morgan fingerprint density at radius 1 is 1.27 bits per heavy atom. The van der Waals surface area contributed by atoms with Crippen molar-refractivity contribution >= 4 is 12.0 Å². The first-order valence-corrected chi connectivity index (χ1v) is 7.47. The topological polar surface area (TPSA) is 144 Å². The number of nitrogens with zero attached hydrogens (tertiary/aromatic N) is 1. The maximum absolute atomic E-state index is 12.9. The first-order chi connectivity index (χ1) is 12.1. The predicted octanol–water partition coefficient (Wildman–Crippen LogP) is 1.05. The molecule has 5 N–H and O–H groups in total. The first kappa shape index (κ1) is 18.9. The molecule has 0 fully saturated rings. The zero-order valence-electron chi connectivity index (χ0n) is 14.0. The van der Waals surface area contributed by atoms with Crippen LogP contribution in [-0.4, -0.2) is 32.2 Å². The highest BCUT2D eigenvalue weighted by molar-refractivity contribution is 5.94. The van der Waals surface area contributed by atoms with Crippen LogP contribution >= 0.6 is 0 Å². The van der Waals surface area contributed by atoms with E-state index in [4.69, 9.17) is 5.11 Å². The predicted molar refractivity (Wildman–Crippen MR) is 88.3 cm³/mol. The molecular weight excluding hydrogens is 347 g/mol. The van der Waals surface area contributed by atoms with Gasteiger partial charge in [0.25, 0.3) is 11.5 Å². The molecule has 0 saturated carbocycles. The lowest BCUT2D eigenvalue weighted by Crippen LogP contribution is -2.43. The van der Waals surface area contributed by atoms with Gasteiger partial charge in [-0.25, -0.2) is 14.2 Å². The van der Waals surface area contributed by atoms with E-state index in [-0.39, 0.29) is 12.4 Å². The van der Waals surface area contributed by atoms with E-state index in [1.807, 2.05) is 0 Å². The van der Waals surface area contributed by atoms with E-state index in [1.165, 1.54) is 38.1 Å². The van der Waals surface area contributed by atoms with Crippen LogP contribution in [-0.2, 0) is 12.1 Å². The molecular formula is C16H17FN4O5. The number of aromatic amines is 1. The van der Waals surface area contributed by atoms with Crippen molar-refractivity contribution in [3.8, 4) is 5.75 Å². The van der Waals surface area contributed by atoms with Crippen molar-refractivity contribution < 1.29 is 24.2 Å². The number of amides is 2. The molecule has 0 bridgehead atoms. The summed E-state index contributed by atoms with van der Waals surface area (Å²) in [6, 6.07) is 5.38. The SMILES string of the molecule is CC(C)(NC(=O)O)c1nc(C(=O)NCc2ccc(F)cc2)c(O)c(=O)[nH]1. The number of rotatable bonds is 5. The number of halogens is 1. The maximum Gasteiger partial charge on any atom is 0.405 e. The lowest BCUT2D eigenvalue weighted by molar-refractivity contribution is 0.0941. The molecule has 10 heteroatoms. The smallest absolute Gasteiger partial charge is 0.405 e. The van der Waals surface area contributed by atoms with Crippen LogP contribution in [0.3, 0.4) is 0 Å². The van der Waals surface area contributed by atoms with Gasteiger partial charge in [0, 0.05) is 6.54 Å². The number of H-pyrrole nitrogens is 1. The van der Waals surface area contributed by atoms with Gasteiger partial charge in [-0.05, 0) is 31.5 Å². The number of aromatic nitrogens is 2. The molecule has 0 aliphatic rings. The number of benzene rings is 1. The van der Waals surface area contributed by atoms with Crippen LogP contribution in [0.4, 0.5) is 9.18 Å². The van der Waals surface area contributed by atoms with Crippen LogP contribution in [0.1, 0.15) is 35.7 Å². The molecule has 2 rings (SSSR count). The molecule has 1 aromatic heterocycles. The zero-order valence-corrected chi connectivity index (χ0v) is 14.0. The average Bonchev–Trinajstić information content (AvgIpc) is 2.55. The summed E-state index contributed by atoms with van der Waals surface area (Å²) in [5, 5.41) is 23.3. The number of carboxylic acid groups (broad SMARTS) is 1. The zero-order chi connectivity index (χ0) is 19.5. The lowest BCUT2D eigenvalue weighted by atomic mass is 10.0. The molecule has 9 nitrogen and oxygen atoms in total. The van der Waals surface area contributed by atoms with Gasteiger partial charge in [0.2, 0.25) is 5.75 Å². The van der Waals surface area contributed by atoms with Gasteiger partial charge in [-0.3, -0.25) is 9.59 Å². The second-order valence-electron chi connectivity index (χ2n) is 5.98. The van der Waals surface area contributed by atoms with Crippen LogP contribution < -0.4 is 16.2 Å². The monoisotopic (exact) mass is 364 g/mol. The van der Waals surface area contributed by atoms with Crippen molar-refractivity contribution in [1.82, 2.24) is 20.6 Å². The minimum Gasteiger partial charge on any atom is -0.501 e. The Hall–Kier alpha value is -3.43. The third-order valence-corrected chi connectivity index (χ3v) is 3.49. The summed E-state index contributed by atoms with van der Waals surface area (Å²) in [5.74, 6) is -2.30. The molecule has 0 aliphatic heterocycles. The number of carbonyl (C=O) groups is 2. The Balaban J connectivity index is 2.27. The summed E-state index contributed by atoms with van der Waals surface area (Å²) < 4.78 is 12.9. The van der Waals surface area contributed by atoms with Crippen molar-refractivity contribution in [3.63, 3.8) is 0 Å². The number of carbonyl (C=O) groups excluding carboxylic acids is 1. The second kappa shape index (κ2) is 7.21. The standard InChI is InChI=1S/C16H17FN4O5/c1-16(2,21-15(25)26)14-19-10(11(22)13(24)20-14)12(23)18-7-8-3-5-9(17)6-4-8/h3-6,21-22H,7H2,1-2H3,(H,18,23)(H,25,26)(H,19,20,24). The summed E-state index contributed by atoms with van der Waals surface area (Å²) in [5.41, 5.74) is -2.25. The Labute approximate surface area is 146 Å². The van der Waals surface area contributed by atoms with E-state index < -0.39 is 40.4 Å². The number of nitrogens with one attached hydrogen (secondary N) is 3. The molecule has 0 aliphatic carbocycles. The van der Waals surface area contributed by atoms with Crippen molar-refractivity contribution in [2.45, 2.75) is 25.9 Å². The van der Waals surface area contributed by atoms with Gasteiger partial charge < -0.3 is 25.8 Å². The molecule has 2 amide bonds. The van der Waals surface area contributed by atoms with Crippen molar-refractivity contribution in [2.24, 2.45) is 0 Å². The van der Waals surface area contributed by atoms with Gasteiger partial charge in [-0.15, -0.1) is 0 Å². The highest BCUT2D eigenvalue weighted by atomic mass is 19.1. The minimum absolute atomic E-state index is 0.0130. The van der Waals surface area contributed by atoms with E-state index in [2.05, 4.69) is 20.6 Å². The van der Waals surface area contributed by atoms with E-state index in [0.29, 0.717) is 5.56 Å². The van der Waals surface area contributed by atoms with Crippen LogP contribution in [0, 0.1) is 5.82 Å². The molecule has 1 aromatic carbocycles. The van der Waals surface area contributed by atoms with Crippen LogP contribution in [0.2, 0.25) is 0 Å². The van der Waals surface area contributed by atoms with E-state index in [0.717, 1.165) is 0 Å². The molecule has 0 atom stereocenters. The lowest BCUT2D eigenvalue weighted by Gasteiger charge is -2.23. The second-order valence-corrected chi connectivity index (χ2v) is 5.98. The van der Waals surface area contributed by atoms with Crippen molar-refractivity contribution in [3.05, 3.63) is 57.5 Å². The summed E-state index contributed by atoms with van der Waals surface area (Å²) in [4.78, 5) is 41.1. The summed E-state index contributed by atoms with van der Waals surface area (Å²) in [7, 11) is 0. The van der Waals surface area contributed by atoms with Crippen molar-refractivity contribution in [1.29, 1.82) is 0 Å². The Kier molecular flexibility index (Phi) is 5.24. The third-order valence-electron chi connectivity index (χ3n) is 3.49. The molecule has 0 radical (unpaired) electrons. The van der Waals surface area contributed by atoms with Gasteiger partial charge in [0.15, 0.2) is 5.69 Å². The Morgan fingerprint density at radius 2 is 1.88 bits per heavy atom. The largest absolute Gasteiger partial charge is 0.501 e.